The van der Waals surface area contributed by atoms with Crippen molar-refractivity contribution in [3.05, 3.63) is 35.9 Å². The van der Waals surface area contributed by atoms with Crippen LogP contribution in [0.3, 0.4) is 0 Å². The zero-order chi connectivity index (χ0) is 15.9. The second-order valence-electron chi connectivity index (χ2n) is 5.66. The molecule has 1 atom stereocenters. The highest BCUT2D eigenvalue weighted by Gasteiger charge is 2.01. The largest absolute Gasteiger partial charge is 0.393 e. The fourth-order valence-corrected chi connectivity index (χ4v) is 2.26. The average Bonchev–Trinajstić information content (AvgIpc) is 2.55. The molecule has 0 aliphatic rings. The Labute approximate surface area is 136 Å². The highest BCUT2D eigenvalue weighted by atomic mass is 16.3. The standard InChI is InChI=1S/C21H28O/c1-2-3-4-6-13-18-21(22)19-14-8-5-7-10-15-20-16-11-9-12-17-20/h9,11-12,16-17,21-22H,2-4,6,13-15,18-19H2,1H3/t21-/m1/s1. The van der Waals surface area contributed by atoms with Gasteiger partial charge in [-0.15, -0.1) is 0 Å². The van der Waals surface area contributed by atoms with E-state index in [9.17, 15) is 5.11 Å². The van der Waals surface area contributed by atoms with E-state index in [4.69, 9.17) is 0 Å². The summed E-state index contributed by atoms with van der Waals surface area (Å²) in [7, 11) is 0. The molecule has 0 spiro atoms. The molecule has 1 aromatic rings. The smallest absolute Gasteiger partial charge is 0.0549 e. The van der Waals surface area contributed by atoms with E-state index >= 15 is 0 Å². The molecule has 0 radical (unpaired) electrons. The van der Waals surface area contributed by atoms with Gasteiger partial charge in [-0.1, -0.05) is 81.2 Å². The minimum atomic E-state index is -0.201. The monoisotopic (exact) mass is 296 g/mol. The number of aliphatic hydroxyl groups excluding tert-OH is 1. The number of hydrogen-bond donors (Lipinski definition) is 1. The van der Waals surface area contributed by atoms with Crippen molar-refractivity contribution >= 4 is 0 Å². The summed E-state index contributed by atoms with van der Waals surface area (Å²) in [5, 5.41) is 9.85. The Kier molecular flexibility index (Phi) is 10.8. The van der Waals surface area contributed by atoms with Gasteiger partial charge in [0.2, 0.25) is 0 Å². The topological polar surface area (TPSA) is 20.2 Å². The van der Waals surface area contributed by atoms with E-state index < -0.39 is 0 Å². The summed E-state index contributed by atoms with van der Waals surface area (Å²) in [4.78, 5) is 0. The quantitative estimate of drug-likeness (QED) is 0.515. The lowest BCUT2D eigenvalue weighted by molar-refractivity contribution is 0.152. The predicted octanol–water partition coefficient (Wildman–Crippen LogP) is 4.74. The molecule has 0 aliphatic carbocycles. The van der Waals surface area contributed by atoms with E-state index in [2.05, 4.69) is 42.7 Å². The van der Waals surface area contributed by atoms with Crippen molar-refractivity contribution in [1.82, 2.24) is 0 Å². The van der Waals surface area contributed by atoms with Crippen LogP contribution in [0.15, 0.2) is 30.3 Å². The van der Waals surface area contributed by atoms with E-state index in [1.807, 2.05) is 18.2 Å². The van der Waals surface area contributed by atoms with Crippen LogP contribution < -0.4 is 0 Å². The molecule has 1 heteroatoms. The maximum atomic E-state index is 9.85. The summed E-state index contributed by atoms with van der Waals surface area (Å²) in [6.45, 7) is 2.22. The van der Waals surface area contributed by atoms with Crippen LogP contribution in [0.4, 0.5) is 0 Å². The molecule has 0 amide bonds. The number of unbranched alkanes of at least 4 members (excludes halogenated alkanes) is 4. The molecular formula is C21H28O. The second kappa shape index (κ2) is 13.0. The zero-order valence-corrected chi connectivity index (χ0v) is 13.8. The van der Waals surface area contributed by atoms with E-state index in [1.54, 1.807) is 0 Å². The molecule has 1 aromatic carbocycles. The third kappa shape index (κ3) is 10.1. The predicted molar refractivity (Wildman–Crippen MR) is 94.3 cm³/mol. The lowest BCUT2D eigenvalue weighted by Crippen LogP contribution is -2.05. The summed E-state index contributed by atoms with van der Waals surface area (Å²) < 4.78 is 0. The first kappa shape index (κ1) is 18.3. The first-order valence-corrected chi connectivity index (χ1v) is 8.50. The van der Waals surface area contributed by atoms with Gasteiger partial charge in [0.15, 0.2) is 0 Å². The Bertz CT molecular complexity index is 495. The van der Waals surface area contributed by atoms with Crippen molar-refractivity contribution < 1.29 is 5.11 Å². The molecule has 0 aromatic heterocycles. The van der Waals surface area contributed by atoms with Crippen molar-refractivity contribution in [2.45, 2.75) is 70.8 Å². The fraction of sp³-hybridized carbons (Fsp3) is 0.524. The molecule has 0 bridgehead atoms. The second-order valence-corrected chi connectivity index (χ2v) is 5.66. The van der Waals surface area contributed by atoms with Crippen LogP contribution in [0.1, 0.15) is 63.9 Å². The zero-order valence-electron chi connectivity index (χ0n) is 13.8. The van der Waals surface area contributed by atoms with Crippen LogP contribution in [0, 0.1) is 23.7 Å². The van der Waals surface area contributed by atoms with Gasteiger partial charge in [-0.3, -0.25) is 0 Å². The molecule has 22 heavy (non-hydrogen) atoms. The van der Waals surface area contributed by atoms with Crippen LogP contribution in [-0.4, -0.2) is 11.2 Å². The average molecular weight is 296 g/mol. The molecule has 118 valence electrons. The molecule has 0 saturated heterocycles. The first-order valence-electron chi connectivity index (χ1n) is 8.50. The summed E-state index contributed by atoms with van der Waals surface area (Å²) in [6.07, 6.45) is 9.19. The molecule has 0 fully saturated rings. The normalized spacial score (nSPS) is 11.0. The Balaban J connectivity index is 2.07. The van der Waals surface area contributed by atoms with Crippen LogP contribution in [0.5, 0.6) is 0 Å². The fourth-order valence-electron chi connectivity index (χ4n) is 2.26. The van der Waals surface area contributed by atoms with Crippen molar-refractivity contribution in [2.24, 2.45) is 0 Å². The van der Waals surface area contributed by atoms with Crippen LogP contribution in [0.2, 0.25) is 0 Å². The van der Waals surface area contributed by atoms with E-state index in [0.29, 0.717) is 0 Å². The van der Waals surface area contributed by atoms with Gasteiger partial charge in [0.25, 0.3) is 0 Å². The van der Waals surface area contributed by atoms with Gasteiger partial charge in [0, 0.05) is 12.8 Å². The van der Waals surface area contributed by atoms with Gasteiger partial charge in [0.1, 0.15) is 0 Å². The van der Waals surface area contributed by atoms with E-state index in [-0.39, 0.29) is 6.10 Å². The third-order valence-corrected chi connectivity index (χ3v) is 3.62. The number of rotatable bonds is 9. The first-order chi connectivity index (χ1) is 10.8. The van der Waals surface area contributed by atoms with Crippen LogP contribution >= 0.6 is 0 Å². The summed E-state index contributed by atoms with van der Waals surface area (Å²) in [5.41, 5.74) is 1.22. The van der Waals surface area contributed by atoms with Gasteiger partial charge in [-0.25, -0.2) is 0 Å². The molecule has 1 rings (SSSR count). The number of aliphatic hydroxyl groups is 1. The molecule has 0 unspecified atom stereocenters. The van der Waals surface area contributed by atoms with Crippen molar-refractivity contribution in [3.63, 3.8) is 0 Å². The van der Waals surface area contributed by atoms with Gasteiger partial charge >= 0.3 is 0 Å². The lowest BCUT2D eigenvalue weighted by Gasteiger charge is -2.07. The summed E-state index contributed by atoms with van der Waals surface area (Å²) in [5.74, 6) is 11.8. The van der Waals surface area contributed by atoms with Crippen LogP contribution in [0.25, 0.3) is 0 Å². The Morgan fingerprint density at radius 3 is 2.41 bits per heavy atom. The molecular weight excluding hydrogens is 268 g/mol. The van der Waals surface area contributed by atoms with Crippen LogP contribution in [-0.2, 0) is 6.42 Å². The molecule has 1 N–H and O–H groups in total. The number of hydrogen-bond acceptors (Lipinski definition) is 1. The SMILES string of the molecule is CCCCCCC[C@@H](O)CCC#CC#CCc1ccccc1. The minimum Gasteiger partial charge on any atom is -0.393 e. The molecule has 0 heterocycles. The van der Waals surface area contributed by atoms with Crippen molar-refractivity contribution in [2.75, 3.05) is 0 Å². The Morgan fingerprint density at radius 1 is 0.909 bits per heavy atom. The molecule has 0 saturated carbocycles. The maximum Gasteiger partial charge on any atom is 0.0549 e. The van der Waals surface area contributed by atoms with Gasteiger partial charge < -0.3 is 5.11 Å². The highest BCUT2D eigenvalue weighted by molar-refractivity contribution is 5.29. The number of benzene rings is 1. The van der Waals surface area contributed by atoms with Crippen molar-refractivity contribution in [1.29, 1.82) is 0 Å². The molecule has 0 aliphatic heterocycles. The van der Waals surface area contributed by atoms with Gasteiger partial charge in [0.05, 0.1) is 6.10 Å². The summed E-state index contributed by atoms with van der Waals surface area (Å²) in [6, 6.07) is 10.2. The van der Waals surface area contributed by atoms with E-state index in [0.717, 1.165) is 32.1 Å². The van der Waals surface area contributed by atoms with Crippen molar-refractivity contribution in [3.8, 4) is 23.7 Å². The Hall–Kier alpha value is -1.70. The Morgan fingerprint density at radius 2 is 1.64 bits per heavy atom. The van der Waals surface area contributed by atoms with Gasteiger partial charge in [-0.05, 0) is 30.2 Å². The van der Waals surface area contributed by atoms with E-state index in [1.165, 1.54) is 31.2 Å². The summed E-state index contributed by atoms with van der Waals surface area (Å²) >= 11 is 0. The maximum absolute atomic E-state index is 9.85. The van der Waals surface area contributed by atoms with Gasteiger partial charge in [-0.2, -0.15) is 0 Å². The highest BCUT2D eigenvalue weighted by Crippen LogP contribution is 2.10. The minimum absolute atomic E-state index is 0.201. The lowest BCUT2D eigenvalue weighted by atomic mass is 10.1. The third-order valence-electron chi connectivity index (χ3n) is 3.62. The molecule has 1 nitrogen and oxygen atoms in total.